The summed E-state index contributed by atoms with van der Waals surface area (Å²) in [6.07, 6.45) is 0.0424. The van der Waals surface area contributed by atoms with Gasteiger partial charge in [0.05, 0.1) is 6.61 Å². The van der Waals surface area contributed by atoms with Crippen LogP contribution in [0.1, 0.15) is 6.92 Å². The molecule has 3 rings (SSSR count). The van der Waals surface area contributed by atoms with Gasteiger partial charge in [0.2, 0.25) is 0 Å². The summed E-state index contributed by atoms with van der Waals surface area (Å²) in [6, 6.07) is 0. The maximum Gasteiger partial charge on any atom is 0.389 e. The first-order chi connectivity index (χ1) is 10.3. The third-order valence-electron chi connectivity index (χ3n) is 3.72. The summed E-state index contributed by atoms with van der Waals surface area (Å²) in [7, 11) is 0. The molecule has 5 atom stereocenters. The Morgan fingerprint density at radius 3 is 3.00 bits per heavy atom. The molecule has 0 aliphatic carbocycles. The molecule has 0 radical (unpaired) electrons. The zero-order chi connectivity index (χ0) is 16.1. The van der Waals surface area contributed by atoms with Gasteiger partial charge >= 0.3 is 6.80 Å². The van der Waals surface area contributed by atoms with Crippen molar-refractivity contribution in [3.63, 3.8) is 0 Å². The molecule has 3 heterocycles. The van der Waals surface area contributed by atoms with E-state index in [1.807, 2.05) is 0 Å². The normalized spacial score (nSPS) is 42.0. The Balaban J connectivity index is 1.82. The summed E-state index contributed by atoms with van der Waals surface area (Å²) >= 11 is 0.981. The smallest absolute Gasteiger partial charge is 0.386 e. The molecule has 1 amide bonds. The largest absolute Gasteiger partial charge is 0.389 e. The number of rotatable bonds is 2. The van der Waals surface area contributed by atoms with Crippen LogP contribution < -0.4 is 5.32 Å². The molecule has 22 heavy (non-hydrogen) atoms. The van der Waals surface area contributed by atoms with Crippen LogP contribution in [-0.2, 0) is 23.1 Å². The summed E-state index contributed by atoms with van der Waals surface area (Å²) in [4.78, 5) is 13.1. The Morgan fingerprint density at radius 2 is 2.32 bits per heavy atom. The van der Waals surface area contributed by atoms with Crippen LogP contribution in [0.3, 0.4) is 0 Å². The topological polar surface area (TPSA) is 97.3 Å². The molecular formula is C12H17N2O6PS. The van der Waals surface area contributed by atoms with Crippen LogP contribution >= 0.6 is 18.2 Å². The van der Waals surface area contributed by atoms with E-state index >= 15 is 0 Å². The molecule has 0 aromatic rings. The molecule has 2 fully saturated rings. The van der Waals surface area contributed by atoms with E-state index in [9.17, 15) is 14.5 Å². The van der Waals surface area contributed by atoms with Crippen molar-refractivity contribution in [1.29, 1.82) is 0 Å². The van der Waals surface area contributed by atoms with E-state index in [1.54, 1.807) is 19.4 Å². The molecule has 122 valence electrons. The van der Waals surface area contributed by atoms with E-state index in [4.69, 9.17) is 13.8 Å². The highest BCUT2D eigenvalue weighted by atomic mass is 32.7. The van der Waals surface area contributed by atoms with Gasteiger partial charge in [-0.1, -0.05) is 6.58 Å². The standard InChI is InChI=1S/C12H17N2O6PS/c1-6-4-14(7(2)13-11(6)16)12-9(15)10-8(19-12)5-18-21(17,20-10)22-3/h4,8-10,12,15H,2,5H2,1,3H3,(H,13,16)/t8-,9?,10?,12-,21?/m1/s1. The fraction of sp³-hybridized carbons (Fsp3) is 0.583. The summed E-state index contributed by atoms with van der Waals surface area (Å²) in [5.41, 5.74) is 0.463. The van der Waals surface area contributed by atoms with Crippen molar-refractivity contribution in [1.82, 2.24) is 10.2 Å². The predicted octanol–water partition coefficient (Wildman–Crippen LogP) is 0.765. The maximum absolute atomic E-state index is 12.2. The highest BCUT2D eigenvalue weighted by Gasteiger charge is 2.53. The molecule has 0 aromatic carbocycles. The fourth-order valence-electron chi connectivity index (χ4n) is 2.52. The van der Waals surface area contributed by atoms with E-state index in [0.29, 0.717) is 11.4 Å². The first kappa shape index (κ1) is 16.0. The third kappa shape index (κ3) is 2.62. The van der Waals surface area contributed by atoms with Crippen LogP contribution in [0.4, 0.5) is 0 Å². The first-order valence-corrected chi connectivity index (χ1v) is 10.0. The fourth-order valence-corrected chi connectivity index (χ4v) is 4.72. The van der Waals surface area contributed by atoms with Gasteiger partial charge in [0.15, 0.2) is 6.23 Å². The second kappa shape index (κ2) is 5.67. The minimum absolute atomic E-state index is 0.0751. The van der Waals surface area contributed by atoms with Gasteiger partial charge in [0, 0.05) is 11.8 Å². The molecule has 0 spiro atoms. The molecule has 2 saturated heterocycles. The van der Waals surface area contributed by atoms with Crippen LogP contribution in [0, 0.1) is 0 Å². The van der Waals surface area contributed by atoms with Crippen molar-refractivity contribution in [2.45, 2.75) is 31.5 Å². The molecule has 3 unspecified atom stereocenters. The zero-order valence-corrected chi connectivity index (χ0v) is 13.8. The van der Waals surface area contributed by atoms with Crippen molar-refractivity contribution in [2.24, 2.45) is 0 Å². The third-order valence-corrected chi connectivity index (χ3v) is 7.05. The average Bonchev–Trinajstić information content (AvgIpc) is 2.80. The molecular weight excluding hydrogens is 331 g/mol. The average molecular weight is 348 g/mol. The van der Waals surface area contributed by atoms with Gasteiger partial charge in [-0.3, -0.25) is 13.8 Å². The monoisotopic (exact) mass is 348 g/mol. The van der Waals surface area contributed by atoms with Crippen LogP contribution in [0.5, 0.6) is 0 Å². The molecule has 0 bridgehead atoms. The number of amides is 1. The minimum Gasteiger partial charge on any atom is -0.386 e. The van der Waals surface area contributed by atoms with E-state index in [0.717, 1.165) is 11.4 Å². The van der Waals surface area contributed by atoms with Gasteiger partial charge in [-0.2, -0.15) is 0 Å². The Hall–Kier alpha value is -0.830. The van der Waals surface area contributed by atoms with Crippen LogP contribution in [0.15, 0.2) is 24.2 Å². The van der Waals surface area contributed by atoms with Gasteiger partial charge in [-0.15, -0.1) is 0 Å². The predicted molar refractivity (Wildman–Crippen MR) is 79.5 cm³/mol. The minimum atomic E-state index is -3.26. The molecule has 0 saturated carbocycles. The number of fused-ring (bicyclic) bond motifs is 1. The second-order valence-electron chi connectivity index (χ2n) is 5.17. The van der Waals surface area contributed by atoms with Crippen molar-refractivity contribution in [3.8, 4) is 0 Å². The van der Waals surface area contributed by atoms with E-state index < -0.39 is 31.3 Å². The molecule has 0 aromatic heterocycles. The quantitative estimate of drug-likeness (QED) is 0.706. The Morgan fingerprint density at radius 1 is 1.59 bits per heavy atom. The number of nitrogens with one attached hydrogen (secondary N) is 1. The number of nitrogens with zero attached hydrogens (tertiary/aromatic N) is 1. The van der Waals surface area contributed by atoms with Gasteiger partial charge in [0.1, 0.15) is 24.1 Å². The lowest BCUT2D eigenvalue weighted by Crippen LogP contribution is -2.47. The van der Waals surface area contributed by atoms with Crippen molar-refractivity contribution in [3.05, 3.63) is 24.2 Å². The van der Waals surface area contributed by atoms with Gasteiger partial charge < -0.3 is 20.1 Å². The number of aliphatic hydroxyl groups excluding tert-OH is 1. The van der Waals surface area contributed by atoms with E-state index in [2.05, 4.69) is 11.9 Å². The van der Waals surface area contributed by atoms with Crippen molar-refractivity contribution >= 4 is 24.1 Å². The summed E-state index contributed by atoms with van der Waals surface area (Å²) < 4.78 is 28.6. The molecule has 10 heteroatoms. The Kier molecular flexibility index (Phi) is 4.13. The Bertz CT molecular complexity index is 596. The number of aliphatic hydroxyl groups is 1. The highest BCUT2D eigenvalue weighted by molar-refractivity contribution is 8.54. The van der Waals surface area contributed by atoms with E-state index in [-0.39, 0.29) is 12.5 Å². The molecule has 3 aliphatic heterocycles. The number of carbonyl (C=O) groups is 1. The lowest BCUT2D eigenvalue weighted by molar-refractivity contribution is -0.119. The number of ether oxygens (including phenoxy) is 1. The summed E-state index contributed by atoms with van der Waals surface area (Å²) in [5, 5.41) is 13.1. The van der Waals surface area contributed by atoms with Gasteiger partial charge in [-0.05, 0) is 24.6 Å². The Labute approximate surface area is 131 Å². The van der Waals surface area contributed by atoms with Gasteiger partial charge in [0.25, 0.3) is 5.91 Å². The molecule has 8 nitrogen and oxygen atoms in total. The number of hydrogen-bond acceptors (Lipinski definition) is 8. The van der Waals surface area contributed by atoms with Crippen LogP contribution in [0.2, 0.25) is 0 Å². The lowest BCUT2D eigenvalue weighted by atomic mass is 10.1. The zero-order valence-electron chi connectivity index (χ0n) is 12.1. The number of hydrogen-bond donors (Lipinski definition) is 2. The SMILES string of the molecule is C=C1NC(=O)C(C)=CN1[C@@H]1O[C@@H]2COP(=O)(SC)OC2C1O. The second-order valence-corrected chi connectivity index (χ2v) is 9.34. The summed E-state index contributed by atoms with van der Waals surface area (Å²) in [6.45, 7) is 2.21. The molecule has 3 aliphatic rings. The van der Waals surface area contributed by atoms with Crippen LogP contribution in [-0.4, -0.2) is 53.3 Å². The lowest BCUT2D eigenvalue weighted by Gasteiger charge is -2.34. The van der Waals surface area contributed by atoms with Gasteiger partial charge in [-0.25, -0.2) is 4.57 Å². The molecule has 2 N–H and O–H groups in total. The number of carbonyl (C=O) groups excluding carboxylic acids is 1. The first-order valence-electron chi connectivity index (χ1n) is 6.64. The van der Waals surface area contributed by atoms with E-state index in [1.165, 1.54) is 4.90 Å². The van der Waals surface area contributed by atoms with Crippen LogP contribution in [0.25, 0.3) is 0 Å². The summed E-state index contributed by atoms with van der Waals surface area (Å²) in [5.74, 6) is 0.0462. The van der Waals surface area contributed by atoms with Crippen molar-refractivity contribution < 1.29 is 28.3 Å². The van der Waals surface area contributed by atoms with Crippen molar-refractivity contribution in [2.75, 3.05) is 12.9 Å². The maximum atomic E-state index is 12.2. The highest BCUT2D eigenvalue weighted by Crippen LogP contribution is 2.63.